The third-order valence-corrected chi connectivity index (χ3v) is 6.09. The van der Waals surface area contributed by atoms with Crippen LogP contribution in [0.2, 0.25) is 0 Å². The number of rotatable bonds is 6. The Kier molecular flexibility index (Phi) is 5.28. The van der Waals surface area contributed by atoms with Crippen molar-refractivity contribution in [3.05, 3.63) is 71.9 Å². The van der Waals surface area contributed by atoms with Crippen molar-refractivity contribution in [3.63, 3.8) is 0 Å². The van der Waals surface area contributed by atoms with Crippen LogP contribution in [0.3, 0.4) is 0 Å². The lowest BCUT2D eigenvalue weighted by molar-refractivity contribution is 0.567. The summed E-state index contributed by atoms with van der Waals surface area (Å²) in [6.07, 6.45) is 3.81. The number of fused-ring (bicyclic) bond motifs is 1. The first kappa shape index (κ1) is 20.1. The SMILES string of the molecule is CCc1ccnc2c1N(N)C(CC)N2Cc1ccc(-c2ccccc2-c2nnn[nH]2)cc1. The Labute approximate surface area is 187 Å². The number of nitrogens with one attached hydrogen (secondary N) is 1. The van der Waals surface area contributed by atoms with Crippen molar-refractivity contribution >= 4 is 11.5 Å². The minimum atomic E-state index is 0.0876. The molecule has 2 aromatic heterocycles. The van der Waals surface area contributed by atoms with Gasteiger partial charge in [0.2, 0.25) is 0 Å². The maximum absolute atomic E-state index is 6.52. The van der Waals surface area contributed by atoms with Gasteiger partial charge in [-0.15, -0.1) is 5.10 Å². The fourth-order valence-corrected chi connectivity index (χ4v) is 4.50. The van der Waals surface area contributed by atoms with Crippen LogP contribution in [0.4, 0.5) is 11.5 Å². The largest absolute Gasteiger partial charge is 0.329 e. The third kappa shape index (κ3) is 3.38. The Morgan fingerprint density at radius 1 is 1.00 bits per heavy atom. The Balaban J connectivity index is 1.44. The summed E-state index contributed by atoms with van der Waals surface area (Å²) in [5.41, 5.74) is 6.65. The highest BCUT2D eigenvalue weighted by molar-refractivity contribution is 5.80. The van der Waals surface area contributed by atoms with E-state index in [0.717, 1.165) is 47.6 Å². The molecule has 0 spiro atoms. The molecule has 0 amide bonds. The third-order valence-electron chi connectivity index (χ3n) is 6.09. The number of nitrogens with zero attached hydrogens (tertiary/aromatic N) is 6. The van der Waals surface area contributed by atoms with E-state index in [-0.39, 0.29) is 6.17 Å². The first-order valence-electron chi connectivity index (χ1n) is 10.9. The van der Waals surface area contributed by atoms with Gasteiger partial charge < -0.3 is 4.90 Å². The van der Waals surface area contributed by atoms with E-state index in [1.165, 1.54) is 11.1 Å². The highest BCUT2D eigenvalue weighted by Crippen LogP contribution is 2.40. The highest BCUT2D eigenvalue weighted by Gasteiger charge is 2.35. The Hall–Kier alpha value is -3.78. The smallest absolute Gasteiger partial charge is 0.180 e. The molecular weight excluding hydrogens is 400 g/mol. The Morgan fingerprint density at radius 2 is 1.78 bits per heavy atom. The Bertz CT molecular complexity index is 1200. The molecule has 1 aliphatic rings. The van der Waals surface area contributed by atoms with Crippen molar-refractivity contribution in [2.45, 2.75) is 39.4 Å². The van der Waals surface area contributed by atoms with Crippen LogP contribution >= 0.6 is 0 Å². The number of nitrogens with two attached hydrogens (primary N) is 1. The van der Waals surface area contributed by atoms with Crippen LogP contribution in [0.1, 0.15) is 31.4 Å². The van der Waals surface area contributed by atoms with E-state index < -0.39 is 0 Å². The average molecular weight is 427 g/mol. The van der Waals surface area contributed by atoms with Crippen molar-refractivity contribution in [2.24, 2.45) is 5.84 Å². The molecular formula is C24H26N8. The molecule has 1 aliphatic heterocycles. The van der Waals surface area contributed by atoms with Gasteiger partial charge in [-0.3, -0.25) is 5.01 Å². The van der Waals surface area contributed by atoms with Gasteiger partial charge in [-0.25, -0.2) is 15.9 Å². The molecule has 0 saturated carbocycles. The van der Waals surface area contributed by atoms with Crippen molar-refractivity contribution in [3.8, 4) is 22.5 Å². The van der Waals surface area contributed by atoms with Crippen LogP contribution in [0.15, 0.2) is 60.8 Å². The zero-order valence-corrected chi connectivity index (χ0v) is 18.2. The number of hydrogen-bond acceptors (Lipinski definition) is 7. The lowest BCUT2D eigenvalue weighted by Gasteiger charge is -2.29. The number of hydrogen-bond donors (Lipinski definition) is 2. The van der Waals surface area contributed by atoms with Crippen molar-refractivity contribution < 1.29 is 0 Å². The fourth-order valence-electron chi connectivity index (χ4n) is 4.50. The quantitative estimate of drug-likeness (QED) is 0.451. The number of benzene rings is 2. The zero-order valence-electron chi connectivity index (χ0n) is 18.2. The molecule has 2 aromatic carbocycles. The number of hydrazine groups is 1. The first-order valence-corrected chi connectivity index (χ1v) is 10.9. The molecule has 0 aliphatic carbocycles. The number of tetrazole rings is 1. The second-order valence-electron chi connectivity index (χ2n) is 7.91. The number of anilines is 2. The van der Waals surface area contributed by atoms with Crippen molar-refractivity contribution in [1.82, 2.24) is 25.6 Å². The molecule has 3 N–H and O–H groups in total. The van der Waals surface area contributed by atoms with Gasteiger partial charge in [0.25, 0.3) is 0 Å². The van der Waals surface area contributed by atoms with Crippen LogP contribution in [0.25, 0.3) is 22.5 Å². The summed E-state index contributed by atoms with van der Waals surface area (Å²) in [6, 6.07) is 18.8. The normalized spacial score (nSPS) is 15.3. The minimum absolute atomic E-state index is 0.0876. The van der Waals surface area contributed by atoms with E-state index in [2.05, 4.69) is 80.8 Å². The van der Waals surface area contributed by atoms with E-state index in [1.807, 2.05) is 29.4 Å². The van der Waals surface area contributed by atoms with E-state index >= 15 is 0 Å². The fraction of sp³-hybridized carbons (Fsp3) is 0.250. The van der Waals surface area contributed by atoms with Gasteiger partial charge in [-0.2, -0.15) is 0 Å². The summed E-state index contributed by atoms with van der Waals surface area (Å²) in [5.74, 6) is 8.14. The van der Waals surface area contributed by atoms with E-state index in [4.69, 9.17) is 5.84 Å². The molecule has 5 rings (SSSR count). The predicted molar refractivity (Wildman–Crippen MR) is 126 cm³/mol. The lowest BCUT2D eigenvalue weighted by atomic mass is 9.98. The summed E-state index contributed by atoms with van der Waals surface area (Å²) in [4.78, 5) is 6.98. The topological polar surface area (TPSA) is 99.9 Å². The van der Waals surface area contributed by atoms with Gasteiger partial charge >= 0.3 is 0 Å². The van der Waals surface area contributed by atoms with Crippen LogP contribution in [0, 0.1) is 0 Å². The number of pyridine rings is 1. The summed E-state index contributed by atoms with van der Waals surface area (Å²) < 4.78 is 0. The second-order valence-corrected chi connectivity index (χ2v) is 7.91. The second kappa shape index (κ2) is 8.39. The first-order chi connectivity index (χ1) is 15.7. The van der Waals surface area contributed by atoms with Gasteiger partial charge in [0.05, 0.1) is 5.69 Å². The van der Waals surface area contributed by atoms with E-state index in [0.29, 0.717) is 5.82 Å². The summed E-state index contributed by atoms with van der Waals surface area (Å²) in [6.45, 7) is 5.05. The molecule has 0 bridgehead atoms. The molecule has 8 heteroatoms. The van der Waals surface area contributed by atoms with Crippen LogP contribution < -0.4 is 15.8 Å². The molecule has 162 valence electrons. The number of aryl methyl sites for hydroxylation is 1. The predicted octanol–water partition coefficient (Wildman–Crippen LogP) is 3.93. The molecule has 0 saturated heterocycles. The van der Waals surface area contributed by atoms with Gasteiger partial charge in [-0.1, -0.05) is 62.4 Å². The van der Waals surface area contributed by atoms with Crippen LogP contribution in [-0.4, -0.2) is 31.8 Å². The standard InChI is InChI=1S/C24H26N8/c1-3-17-13-14-26-24-22(17)32(25)21(4-2)31(24)15-16-9-11-18(12-10-16)19-7-5-6-8-20(19)23-27-29-30-28-23/h5-14,21H,3-4,15,25H2,1-2H3,(H,27,28,29,30). The number of H-pyrrole nitrogens is 1. The molecule has 0 fully saturated rings. The molecule has 32 heavy (non-hydrogen) atoms. The molecule has 8 nitrogen and oxygen atoms in total. The van der Waals surface area contributed by atoms with Gasteiger partial charge in [0, 0.05) is 18.3 Å². The average Bonchev–Trinajstić information content (AvgIpc) is 3.47. The molecule has 3 heterocycles. The monoisotopic (exact) mass is 426 g/mol. The van der Waals surface area contributed by atoms with Gasteiger partial charge in [0.15, 0.2) is 11.6 Å². The zero-order chi connectivity index (χ0) is 22.1. The minimum Gasteiger partial charge on any atom is -0.329 e. The number of aromatic nitrogens is 5. The van der Waals surface area contributed by atoms with Gasteiger partial charge in [-0.05, 0) is 51.6 Å². The van der Waals surface area contributed by atoms with Gasteiger partial charge in [0.1, 0.15) is 6.17 Å². The van der Waals surface area contributed by atoms with E-state index in [1.54, 1.807) is 0 Å². The molecule has 0 radical (unpaired) electrons. The maximum Gasteiger partial charge on any atom is 0.180 e. The molecule has 1 atom stereocenters. The highest BCUT2D eigenvalue weighted by atomic mass is 15.6. The summed E-state index contributed by atoms with van der Waals surface area (Å²) >= 11 is 0. The van der Waals surface area contributed by atoms with E-state index in [9.17, 15) is 0 Å². The van der Waals surface area contributed by atoms with Crippen molar-refractivity contribution in [1.29, 1.82) is 0 Å². The lowest BCUT2D eigenvalue weighted by Crippen LogP contribution is -2.46. The van der Waals surface area contributed by atoms with Crippen LogP contribution in [0.5, 0.6) is 0 Å². The molecule has 1 unspecified atom stereocenters. The summed E-state index contributed by atoms with van der Waals surface area (Å²) in [5, 5.41) is 16.2. The summed E-state index contributed by atoms with van der Waals surface area (Å²) in [7, 11) is 0. The molecule has 4 aromatic rings. The Morgan fingerprint density at radius 3 is 2.47 bits per heavy atom. The van der Waals surface area contributed by atoms with Crippen molar-refractivity contribution in [2.75, 3.05) is 9.91 Å². The van der Waals surface area contributed by atoms with Crippen LogP contribution in [-0.2, 0) is 13.0 Å². The maximum atomic E-state index is 6.52. The number of aromatic amines is 1.